The zero-order chi connectivity index (χ0) is 12.9. The van der Waals surface area contributed by atoms with Crippen molar-refractivity contribution in [3.63, 3.8) is 0 Å². The summed E-state index contributed by atoms with van der Waals surface area (Å²) in [6, 6.07) is 10.3. The van der Waals surface area contributed by atoms with E-state index in [1.54, 1.807) is 7.11 Å². The number of fused-ring (bicyclic) bond motifs is 3. The van der Waals surface area contributed by atoms with Crippen LogP contribution in [0.2, 0.25) is 0 Å². The van der Waals surface area contributed by atoms with Crippen LogP contribution < -0.4 is 4.74 Å². The van der Waals surface area contributed by atoms with Gasteiger partial charge in [0, 0.05) is 5.39 Å². The van der Waals surface area contributed by atoms with Gasteiger partial charge in [0.2, 0.25) is 0 Å². The lowest BCUT2D eigenvalue weighted by Gasteiger charge is -2.21. The average Bonchev–Trinajstić information content (AvgIpc) is 2.58. The second-order valence-corrected chi connectivity index (χ2v) is 5.69. The van der Waals surface area contributed by atoms with Gasteiger partial charge in [0.25, 0.3) is 0 Å². The lowest BCUT2D eigenvalue weighted by molar-refractivity contribution is 0.161. The highest BCUT2D eigenvalue weighted by molar-refractivity contribution is 5.93. The highest BCUT2D eigenvalue weighted by Crippen LogP contribution is 2.49. The second-order valence-electron chi connectivity index (χ2n) is 5.69. The van der Waals surface area contributed by atoms with Crippen molar-refractivity contribution in [1.29, 1.82) is 0 Å². The highest BCUT2D eigenvalue weighted by atomic mass is 16.5. The van der Waals surface area contributed by atoms with Gasteiger partial charge in [0.05, 0.1) is 13.2 Å². The van der Waals surface area contributed by atoms with Crippen LogP contribution in [0.3, 0.4) is 0 Å². The Labute approximate surface area is 107 Å². The molecule has 3 rings (SSSR count). The summed E-state index contributed by atoms with van der Waals surface area (Å²) in [6.45, 7) is 4.39. The molecule has 2 nitrogen and oxygen atoms in total. The normalized spacial score (nSPS) is 21.0. The van der Waals surface area contributed by atoms with Crippen LogP contribution >= 0.6 is 0 Å². The first kappa shape index (κ1) is 11.5. The molecule has 2 aromatic rings. The Morgan fingerprint density at radius 2 is 1.89 bits per heavy atom. The first-order valence-corrected chi connectivity index (χ1v) is 6.33. The van der Waals surface area contributed by atoms with E-state index in [0.717, 1.165) is 23.1 Å². The molecule has 1 atom stereocenters. The predicted octanol–water partition coefficient (Wildman–Crippen LogP) is 3.56. The van der Waals surface area contributed by atoms with Crippen LogP contribution in [0.4, 0.5) is 0 Å². The largest absolute Gasteiger partial charge is 0.496 e. The van der Waals surface area contributed by atoms with Gasteiger partial charge in [-0.15, -0.1) is 0 Å². The summed E-state index contributed by atoms with van der Waals surface area (Å²) < 4.78 is 5.46. The second kappa shape index (κ2) is 3.72. The Balaban J connectivity index is 2.44. The summed E-state index contributed by atoms with van der Waals surface area (Å²) in [5.41, 5.74) is 2.31. The van der Waals surface area contributed by atoms with Crippen LogP contribution in [0.25, 0.3) is 10.8 Å². The van der Waals surface area contributed by atoms with E-state index in [9.17, 15) is 5.11 Å². The molecule has 0 saturated carbocycles. The molecule has 0 spiro atoms. The Hall–Kier alpha value is -1.54. The lowest BCUT2D eigenvalue weighted by Crippen LogP contribution is -2.13. The summed E-state index contributed by atoms with van der Waals surface area (Å²) in [5.74, 6) is 0.848. The van der Waals surface area contributed by atoms with Crippen molar-refractivity contribution < 1.29 is 9.84 Å². The molecule has 0 aromatic heterocycles. The Morgan fingerprint density at radius 1 is 1.22 bits per heavy atom. The van der Waals surface area contributed by atoms with Gasteiger partial charge in [0.15, 0.2) is 0 Å². The van der Waals surface area contributed by atoms with E-state index in [-0.39, 0.29) is 11.5 Å². The smallest absolute Gasteiger partial charge is 0.127 e. The standard InChI is InChI=1S/C16H18O2/c1-16(2)9-13(17)12-8-14(18-3)10-6-4-5-7-11(10)15(12)16/h4-8,13,17H,9H2,1-3H3/t13-/m0/s1. The summed E-state index contributed by atoms with van der Waals surface area (Å²) in [6.07, 6.45) is 0.396. The van der Waals surface area contributed by atoms with Crippen molar-refractivity contribution in [2.24, 2.45) is 0 Å². The molecule has 0 amide bonds. The van der Waals surface area contributed by atoms with Crippen molar-refractivity contribution in [3.05, 3.63) is 41.5 Å². The molecule has 0 fully saturated rings. The first-order valence-electron chi connectivity index (χ1n) is 6.33. The Morgan fingerprint density at radius 3 is 2.56 bits per heavy atom. The number of hydrogen-bond acceptors (Lipinski definition) is 2. The third-order valence-electron chi connectivity index (χ3n) is 4.00. The van der Waals surface area contributed by atoms with Gasteiger partial charge in [-0.1, -0.05) is 38.1 Å². The van der Waals surface area contributed by atoms with Crippen LogP contribution in [-0.2, 0) is 5.41 Å². The summed E-state index contributed by atoms with van der Waals surface area (Å²) in [5, 5.41) is 12.6. The van der Waals surface area contributed by atoms with Crippen molar-refractivity contribution in [2.75, 3.05) is 7.11 Å². The van der Waals surface area contributed by atoms with Crippen LogP contribution in [-0.4, -0.2) is 12.2 Å². The molecule has 2 aromatic carbocycles. The van der Waals surface area contributed by atoms with E-state index >= 15 is 0 Å². The quantitative estimate of drug-likeness (QED) is 0.828. The van der Waals surface area contributed by atoms with Gasteiger partial charge in [-0.05, 0) is 34.4 Å². The summed E-state index contributed by atoms with van der Waals surface area (Å²) in [7, 11) is 1.68. The zero-order valence-corrected chi connectivity index (χ0v) is 11.0. The number of benzene rings is 2. The molecule has 0 saturated heterocycles. The highest BCUT2D eigenvalue weighted by Gasteiger charge is 2.38. The van der Waals surface area contributed by atoms with Gasteiger partial charge in [-0.3, -0.25) is 0 Å². The minimum absolute atomic E-state index is 0.0145. The van der Waals surface area contributed by atoms with Gasteiger partial charge in [-0.25, -0.2) is 0 Å². The molecule has 0 aliphatic heterocycles. The van der Waals surface area contributed by atoms with E-state index in [1.165, 1.54) is 10.9 Å². The fraction of sp³-hybridized carbons (Fsp3) is 0.375. The van der Waals surface area contributed by atoms with E-state index in [2.05, 4.69) is 26.0 Å². The van der Waals surface area contributed by atoms with Crippen LogP contribution in [0, 0.1) is 0 Å². The van der Waals surface area contributed by atoms with E-state index < -0.39 is 0 Å². The molecule has 0 bridgehead atoms. The SMILES string of the molecule is COc1cc2c(c3ccccc13)C(C)(C)C[C@@H]2O. The van der Waals surface area contributed by atoms with Gasteiger partial charge >= 0.3 is 0 Å². The van der Waals surface area contributed by atoms with Gasteiger partial charge < -0.3 is 9.84 Å². The molecule has 2 heteroatoms. The molecule has 18 heavy (non-hydrogen) atoms. The van der Waals surface area contributed by atoms with E-state index in [0.29, 0.717) is 0 Å². The van der Waals surface area contributed by atoms with Crippen molar-refractivity contribution in [1.82, 2.24) is 0 Å². The van der Waals surface area contributed by atoms with E-state index in [4.69, 9.17) is 4.74 Å². The number of ether oxygens (including phenoxy) is 1. The first-order chi connectivity index (χ1) is 8.54. The van der Waals surface area contributed by atoms with Crippen LogP contribution in [0.1, 0.15) is 37.5 Å². The monoisotopic (exact) mass is 242 g/mol. The molecule has 0 heterocycles. The fourth-order valence-corrected chi connectivity index (χ4v) is 3.25. The van der Waals surface area contributed by atoms with Crippen molar-refractivity contribution in [2.45, 2.75) is 31.8 Å². The maximum Gasteiger partial charge on any atom is 0.127 e. The molecular weight excluding hydrogens is 224 g/mol. The van der Waals surface area contributed by atoms with Crippen molar-refractivity contribution >= 4 is 10.8 Å². The topological polar surface area (TPSA) is 29.5 Å². The van der Waals surface area contributed by atoms with Crippen LogP contribution in [0.5, 0.6) is 5.75 Å². The maximum absolute atomic E-state index is 10.2. The number of methoxy groups -OCH3 is 1. The summed E-state index contributed by atoms with van der Waals surface area (Å²) in [4.78, 5) is 0. The minimum Gasteiger partial charge on any atom is -0.496 e. The number of aliphatic hydroxyl groups is 1. The third kappa shape index (κ3) is 1.45. The lowest BCUT2D eigenvalue weighted by atomic mass is 9.83. The molecular formula is C16H18O2. The van der Waals surface area contributed by atoms with Gasteiger partial charge in [-0.2, -0.15) is 0 Å². The molecule has 1 N–H and O–H groups in total. The predicted molar refractivity (Wildman–Crippen MR) is 73.1 cm³/mol. The molecule has 1 aliphatic carbocycles. The third-order valence-corrected chi connectivity index (χ3v) is 4.00. The number of rotatable bonds is 1. The molecule has 0 unspecified atom stereocenters. The molecule has 94 valence electrons. The average molecular weight is 242 g/mol. The maximum atomic E-state index is 10.2. The van der Waals surface area contributed by atoms with E-state index in [1.807, 2.05) is 18.2 Å². The van der Waals surface area contributed by atoms with Gasteiger partial charge in [0.1, 0.15) is 5.75 Å². The Kier molecular flexibility index (Phi) is 2.39. The Bertz CT molecular complexity index is 614. The fourth-order valence-electron chi connectivity index (χ4n) is 3.25. The van der Waals surface area contributed by atoms with Crippen molar-refractivity contribution in [3.8, 4) is 5.75 Å². The van der Waals surface area contributed by atoms with Crippen LogP contribution in [0.15, 0.2) is 30.3 Å². The minimum atomic E-state index is -0.381. The molecule has 1 aliphatic rings. The number of aliphatic hydroxyl groups excluding tert-OH is 1. The summed E-state index contributed by atoms with van der Waals surface area (Å²) >= 11 is 0. The molecule has 0 radical (unpaired) electrons. The number of hydrogen-bond donors (Lipinski definition) is 1. The zero-order valence-electron chi connectivity index (χ0n) is 11.0.